The maximum atomic E-state index is 12.7. The van der Waals surface area contributed by atoms with Crippen molar-refractivity contribution in [3.05, 3.63) is 35.0 Å². The van der Waals surface area contributed by atoms with Crippen LogP contribution in [0.1, 0.15) is 34.5 Å². The van der Waals surface area contributed by atoms with Gasteiger partial charge in [-0.15, -0.1) is 0 Å². The van der Waals surface area contributed by atoms with Gasteiger partial charge in [-0.3, -0.25) is 4.79 Å². The van der Waals surface area contributed by atoms with E-state index < -0.39 is 6.10 Å². The fraction of sp³-hybridized carbons (Fsp3) is 0.471. The van der Waals surface area contributed by atoms with Crippen molar-refractivity contribution in [2.75, 3.05) is 13.6 Å². The molecule has 1 amide bonds. The number of para-hydroxylation sites is 1. The number of aryl methyl sites for hydroxylation is 2. The van der Waals surface area contributed by atoms with Crippen molar-refractivity contribution in [3.63, 3.8) is 0 Å². The van der Waals surface area contributed by atoms with E-state index in [0.29, 0.717) is 18.0 Å². The molecular weight excluding hydrogens is 264 g/mol. The molecule has 0 spiro atoms. The number of aromatic nitrogens is 1. The number of hydrogen-bond donors (Lipinski definition) is 2. The number of hydrogen-bond acceptors (Lipinski definition) is 2. The van der Waals surface area contributed by atoms with E-state index in [-0.39, 0.29) is 5.91 Å². The first-order valence-electron chi connectivity index (χ1n) is 7.50. The second-order valence-corrected chi connectivity index (χ2v) is 6.19. The van der Waals surface area contributed by atoms with E-state index in [1.54, 1.807) is 11.9 Å². The Balaban J connectivity index is 1.88. The van der Waals surface area contributed by atoms with Gasteiger partial charge in [0.1, 0.15) is 0 Å². The van der Waals surface area contributed by atoms with Crippen LogP contribution in [0.3, 0.4) is 0 Å². The summed E-state index contributed by atoms with van der Waals surface area (Å²) >= 11 is 0. The normalized spacial score (nSPS) is 16.2. The molecule has 2 aromatic rings. The summed E-state index contributed by atoms with van der Waals surface area (Å²) in [6.07, 6.45) is 1.76. The fourth-order valence-electron chi connectivity index (χ4n) is 2.86. The highest BCUT2D eigenvalue weighted by Crippen LogP contribution is 2.33. The van der Waals surface area contributed by atoms with Gasteiger partial charge in [0.05, 0.1) is 17.2 Å². The number of benzene rings is 1. The third kappa shape index (κ3) is 2.56. The van der Waals surface area contributed by atoms with E-state index in [4.69, 9.17) is 0 Å². The SMILES string of the molecule is Cc1[nH]c2c(C(=O)N(C)CC(O)C3CC3)cccc2c1C. The molecule has 1 aromatic carbocycles. The third-order valence-corrected chi connectivity index (χ3v) is 4.55. The van der Waals surface area contributed by atoms with Gasteiger partial charge in [-0.2, -0.15) is 0 Å². The maximum Gasteiger partial charge on any atom is 0.255 e. The van der Waals surface area contributed by atoms with Crippen LogP contribution in [-0.2, 0) is 0 Å². The van der Waals surface area contributed by atoms with Crippen molar-refractivity contribution >= 4 is 16.8 Å². The lowest BCUT2D eigenvalue weighted by atomic mass is 10.1. The Bertz CT molecular complexity index is 685. The Kier molecular flexibility index (Phi) is 3.49. The van der Waals surface area contributed by atoms with Crippen LogP contribution in [0.15, 0.2) is 18.2 Å². The van der Waals surface area contributed by atoms with Crippen molar-refractivity contribution in [2.45, 2.75) is 32.8 Å². The lowest BCUT2D eigenvalue weighted by molar-refractivity contribution is 0.0647. The molecule has 1 aromatic heterocycles. The molecule has 0 aliphatic heterocycles. The number of carbonyl (C=O) groups excluding carboxylic acids is 1. The first-order valence-corrected chi connectivity index (χ1v) is 7.50. The van der Waals surface area contributed by atoms with E-state index in [2.05, 4.69) is 11.9 Å². The predicted molar refractivity (Wildman–Crippen MR) is 83.5 cm³/mol. The standard InChI is InChI=1S/C17H22N2O2/c1-10-11(2)18-16-13(10)5-4-6-14(16)17(21)19(3)9-15(20)12-7-8-12/h4-6,12,15,18,20H,7-9H2,1-3H3. The minimum absolute atomic E-state index is 0.0402. The first kappa shape index (κ1) is 14.1. The van der Waals surface area contributed by atoms with Crippen molar-refractivity contribution in [1.82, 2.24) is 9.88 Å². The number of fused-ring (bicyclic) bond motifs is 1. The van der Waals surface area contributed by atoms with Crippen LogP contribution in [0.5, 0.6) is 0 Å². The van der Waals surface area contributed by atoms with Gasteiger partial charge >= 0.3 is 0 Å². The monoisotopic (exact) mass is 286 g/mol. The summed E-state index contributed by atoms with van der Waals surface area (Å²) in [6.45, 7) is 4.48. The number of H-pyrrole nitrogens is 1. The second kappa shape index (κ2) is 5.19. The lowest BCUT2D eigenvalue weighted by Gasteiger charge is -2.21. The number of rotatable bonds is 4. The Hall–Kier alpha value is -1.81. The highest BCUT2D eigenvalue weighted by molar-refractivity contribution is 6.06. The summed E-state index contributed by atoms with van der Waals surface area (Å²) < 4.78 is 0. The van der Waals surface area contributed by atoms with Gasteiger partial charge in [-0.1, -0.05) is 12.1 Å². The van der Waals surface area contributed by atoms with Crippen LogP contribution in [-0.4, -0.2) is 40.6 Å². The molecule has 112 valence electrons. The molecule has 1 aliphatic rings. The molecular formula is C17H22N2O2. The van der Waals surface area contributed by atoms with Crippen molar-refractivity contribution in [1.29, 1.82) is 0 Å². The summed E-state index contributed by atoms with van der Waals surface area (Å²) in [4.78, 5) is 17.6. The molecule has 1 heterocycles. The molecule has 2 N–H and O–H groups in total. The zero-order valence-corrected chi connectivity index (χ0v) is 12.8. The minimum atomic E-state index is -0.398. The number of aliphatic hydroxyl groups excluding tert-OH is 1. The molecule has 1 fully saturated rings. The van der Waals surface area contributed by atoms with Gasteiger partial charge in [0.2, 0.25) is 0 Å². The van der Waals surface area contributed by atoms with E-state index in [9.17, 15) is 9.90 Å². The van der Waals surface area contributed by atoms with Crippen LogP contribution in [0, 0.1) is 19.8 Å². The van der Waals surface area contributed by atoms with Gasteiger partial charge < -0.3 is 15.0 Å². The maximum absolute atomic E-state index is 12.7. The summed E-state index contributed by atoms with van der Waals surface area (Å²) in [5.41, 5.74) is 3.84. The Morgan fingerprint density at radius 1 is 1.43 bits per heavy atom. The molecule has 3 rings (SSSR count). The van der Waals surface area contributed by atoms with Crippen molar-refractivity contribution in [2.24, 2.45) is 5.92 Å². The second-order valence-electron chi connectivity index (χ2n) is 6.19. The van der Waals surface area contributed by atoms with Crippen molar-refractivity contribution in [3.8, 4) is 0 Å². The number of nitrogens with one attached hydrogen (secondary N) is 1. The number of carbonyl (C=O) groups is 1. The Morgan fingerprint density at radius 2 is 2.14 bits per heavy atom. The Labute approximate surface area is 124 Å². The third-order valence-electron chi connectivity index (χ3n) is 4.55. The molecule has 0 bridgehead atoms. The van der Waals surface area contributed by atoms with Crippen molar-refractivity contribution < 1.29 is 9.90 Å². The van der Waals surface area contributed by atoms with Crippen LogP contribution in [0.4, 0.5) is 0 Å². The van der Waals surface area contributed by atoms with Gasteiger partial charge in [-0.05, 0) is 44.2 Å². The summed E-state index contributed by atoms with van der Waals surface area (Å²) in [5, 5.41) is 11.1. The van der Waals surface area contributed by atoms with E-state index in [1.807, 2.05) is 25.1 Å². The van der Waals surface area contributed by atoms with Gasteiger partial charge in [-0.25, -0.2) is 0 Å². The first-order chi connectivity index (χ1) is 9.99. The van der Waals surface area contributed by atoms with Gasteiger partial charge in [0, 0.05) is 24.7 Å². The van der Waals surface area contributed by atoms with E-state index in [1.165, 1.54) is 5.56 Å². The molecule has 1 saturated carbocycles. The highest BCUT2D eigenvalue weighted by Gasteiger charge is 2.31. The van der Waals surface area contributed by atoms with Gasteiger partial charge in [0.25, 0.3) is 5.91 Å². The Morgan fingerprint density at radius 3 is 2.81 bits per heavy atom. The summed E-state index contributed by atoms with van der Waals surface area (Å²) in [7, 11) is 1.76. The molecule has 1 aliphatic carbocycles. The topological polar surface area (TPSA) is 56.3 Å². The smallest absolute Gasteiger partial charge is 0.255 e. The van der Waals surface area contributed by atoms with Crippen LogP contribution >= 0.6 is 0 Å². The molecule has 0 saturated heterocycles. The van der Waals surface area contributed by atoms with E-state index >= 15 is 0 Å². The lowest BCUT2D eigenvalue weighted by Crippen LogP contribution is -2.35. The summed E-state index contributed by atoms with van der Waals surface area (Å²) in [5.74, 6) is 0.340. The zero-order chi connectivity index (χ0) is 15.1. The number of nitrogens with zero attached hydrogens (tertiary/aromatic N) is 1. The number of likely N-dealkylation sites (N-methyl/N-ethyl adjacent to an activating group) is 1. The predicted octanol–water partition coefficient (Wildman–Crippen LogP) is 2.63. The number of aromatic amines is 1. The summed E-state index contributed by atoms with van der Waals surface area (Å²) in [6, 6.07) is 5.80. The molecule has 1 atom stereocenters. The average molecular weight is 286 g/mol. The number of aliphatic hydroxyl groups is 1. The quantitative estimate of drug-likeness (QED) is 0.907. The number of amides is 1. The zero-order valence-electron chi connectivity index (χ0n) is 12.8. The molecule has 4 nitrogen and oxygen atoms in total. The van der Waals surface area contributed by atoms with Crippen LogP contribution < -0.4 is 0 Å². The molecule has 4 heteroatoms. The largest absolute Gasteiger partial charge is 0.391 e. The van der Waals surface area contributed by atoms with Gasteiger partial charge in [0.15, 0.2) is 0 Å². The van der Waals surface area contributed by atoms with Crippen LogP contribution in [0.25, 0.3) is 10.9 Å². The van der Waals surface area contributed by atoms with Crippen LogP contribution in [0.2, 0.25) is 0 Å². The molecule has 21 heavy (non-hydrogen) atoms. The fourth-order valence-corrected chi connectivity index (χ4v) is 2.86. The highest BCUT2D eigenvalue weighted by atomic mass is 16.3. The molecule has 0 radical (unpaired) electrons. The molecule has 1 unspecified atom stereocenters. The average Bonchev–Trinajstić information content (AvgIpc) is 3.26. The minimum Gasteiger partial charge on any atom is -0.391 e. The van der Waals surface area contributed by atoms with E-state index in [0.717, 1.165) is 29.4 Å².